The number of quaternary nitrogens is 1. The summed E-state index contributed by atoms with van der Waals surface area (Å²) in [5, 5.41) is 10.7. The first-order valence-electron chi connectivity index (χ1n) is 6.00. The maximum Gasteiger partial charge on any atom is 0.275 e. The molecule has 1 heterocycles. The zero-order valence-corrected chi connectivity index (χ0v) is 10.6. The summed E-state index contributed by atoms with van der Waals surface area (Å²) in [6, 6.07) is 2.60. The van der Waals surface area contributed by atoms with E-state index in [1.54, 1.807) is 13.0 Å². The lowest BCUT2D eigenvalue weighted by molar-refractivity contribution is -0.880. The van der Waals surface area contributed by atoms with Crippen LogP contribution < -0.4 is 9.80 Å². The summed E-state index contributed by atoms with van der Waals surface area (Å²) >= 11 is 0. The summed E-state index contributed by atoms with van der Waals surface area (Å²) in [5.74, 6) is -0.508. The summed E-state index contributed by atoms with van der Waals surface area (Å²) in [6.07, 6.45) is 0. The van der Waals surface area contributed by atoms with Gasteiger partial charge in [0.15, 0.2) is 5.82 Å². The molecule has 1 saturated heterocycles. The highest BCUT2D eigenvalue weighted by Crippen LogP contribution is 2.27. The summed E-state index contributed by atoms with van der Waals surface area (Å²) < 4.78 is 13.9. The normalized spacial score (nSPS) is 16.9. The molecule has 0 aliphatic carbocycles. The molecule has 1 aliphatic heterocycles. The van der Waals surface area contributed by atoms with E-state index in [-0.39, 0.29) is 5.69 Å². The Balaban J connectivity index is 2.29. The molecule has 98 valence electrons. The molecule has 1 aromatic carbocycles. The molecule has 5 nitrogen and oxygen atoms in total. The lowest BCUT2D eigenvalue weighted by Crippen LogP contribution is -3.12. The van der Waals surface area contributed by atoms with Gasteiger partial charge in [-0.05, 0) is 13.0 Å². The number of nitrogens with zero attached hydrogens (tertiary/aromatic N) is 2. The number of benzene rings is 1. The van der Waals surface area contributed by atoms with Gasteiger partial charge in [-0.15, -0.1) is 0 Å². The highest BCUT2D eigenvalue weighted by Gasteiger charge is 2.22. The van der Waals surface area contributed by atoms with Gasteiger partial charge < -0.3 is 9.80 Å². The molecule has 0 atom stereocenters. The molecule has 1 aliphatic rings. The van der Waals surface area contributed by atoms with Crippen LogP contribution >= 0.6 is 0 Å². The van der Waals surface area contributed by atoms with Crippen molar-refractivity contribution in [3.8, 4) is 0 Å². The van der Waals surface area contributed by atoms with Gasteiger partial charge in [-0.2, -0.15) is 0 Å². The number of piperazine rings is 1. The second kappa shape index (κ2) is 4.89. The van der Waals surface area contributed by atoms with Gasteiger partial charge in [-0.25, -0.2) is 4.39 Å². The van der Waals surface area contributed by atoms with Gasteiger partial charge in [0.1, 0.15) is 0 Å². The third kappa shape index (κ3) is 2.43. The fourth-order valence-corrected chi connectivity index (χ4v) is 2.22. The summed E-state index contributed by atoms with van der Waals surface area (Å²) in [5.41, 5.74) is 0.823. The monoisotopic (exact) mass is 254 g/mol. The molecule has 0 aromatic heterocycles. The molecular formula is C12H17FN3O2+. The minimum Gasteiger partial charge on any atom is -0.358 e. The van der Waals surface area contributed by atoms with Crippen LogP contribution in [0.2, 0.25) is 0 Å². The van der Waals surface area contributed by atoms with Crippen LogP contribution in [0.15, 0.2) is 12.1 Å². The van der Waals surface area contributed by atoms with Gasteiger partial charge in [0.2, 0.25) is 0 Å². The predicted octanol–water partition coefficient (Wildman–Crippen LogP) is 0.377. The predicted molar refractivity (Wildman–Crippen MR) is 66.6 cm³/mol. The number of halogens is 1. The fraction of sp³-hybridized carbons (Fsp3) is 0.500. The smallest absolute Gasteiger partial charge is 0.275 e. The van der Waals surface area contributed by atoms with Gasteiger partial charge in [0.05, 0.1) is 49.9 Å². The van der Waals surface area contributed by atoms with Crippen molar-refractivity contribution in [2.45, 2.75) is 6.92 Å². The molecule has 18 heavy (non-hydrogen) atoms. The Morgan fingerprint density at radius 1 is 1.39 bits per heavy atom. The average Bonchev–Trinajstić information content (AvgIpc) is 2.32. The van der Waals surface area contributed by atoms with E-state index in [1.165, 1.54) is 4.90 Å². The van der Waals surface area contributed by atoms with E-state index in [0.717, 1.165) is 32.2 Å². The van der Waals surface area contributed by atoms with E-state index < -0.39 is 10.7 Å². The first-order chi connectivity index (χ1) is 8.49. The highest BCUT2D eigenvalue weighted by atomic mass is 19.1. The maximum atomic E-state index is 13.9. The maximum absolute atomic E-state index is 13.9. The number of hydrogen-bond acceptors (Lipinski definition) is 3. The SMILES string of the molecule is Cc1cc(N2CC[NH+](C)CC2)c(F)cc1[N+](=O)[O-]. The number of anilines is 1. The lowest BCUT2D eigenvalue weighted by Gasteiger charge is -2.32. The molecule has 0 bridgehead atoms. The number of nitro benzene ring substituents is 1. The quantitative estimate of drug-likeness (QED) is 0.613. The minimum atomic E-state index is -0.545. The van der Waals surface area contributed by atoms with Crippen molar-refractivity contribution in [3.05, 3.63) is 33.6 Å². The van der Waals surface area contributed by atoms with E-state index in [2.05, 4.69) is 7.05 Å². The largest absolute Gasteiger partial charge is 0.358 e. The van der Waals surface area contributed by atoms with Gasteiger partial charge >= 0.3 is 0 Å². The molecule has 0 amide bonds. The van der Waals surface area contributed by atoms with E-state index in [9.17, 15) is 14.5 Å². The summed E-state index contributed by atoms with van der Waals surface area (Å²) in [6.45, 7) is 5.10. The molecule has 1 N–H and O–H groups in total. The third-order valence-corrected chi connectivity index (χ3v) is 3.42. The Morgan fingerprint density at radius 2 is 2.00 bits per heavy atom. The van der Waals surface area contributed by atoms with Crippen molar-refractivity contribution in [2.24, 2.45) is 0 Å². The Hall–Kier alpha value is -1.69. The van der Waals surface area contributed by atoms with Gasteiger partial charge in [-0.3, -0.25) is 10.1 Å². The van der Waals surface area contributed by atoms with Gasteiger partial charge in [0, 0.05) is 5.56 Å². The summed E-state index contributed by atoms with van der Waals surface area (Å²) in [7, 11) is 2.11. The summed E-state index contributed by atoms with van der Waals surface area (Å²) in [4.78, 5) is 13.6. The number of aryl methyl sites for hydroxylation is 1. The second-order valence-corrected chi connectivity index (χ2v) is 4.79. The number of hydrogen-bond donors (Lipinski definition) is 1. The molecule has 1 aromatic rings. The van der Waals surface area contributed by atoms with Crippen molar-refractivity contribution >= 4 is 11.4 Å². The third-order valence-electron chi connectivity index (χ3n) is 3.42. The van der Waals surface area contributed by atoms with E-state index in [4.69, 9.17) is 0 Å². The first kappa shape index (κ1) is 12.8. The van der Waals surface area contributed by atoms with Crippen molar-refractivity contribution < 1.29 is 14.2 Å². The number of nitro groups is 1. The van der Waals surface area contributed by atoms with E-state index in [1.807, 2.05) is 4.90 Å². The van der Waals surface area contributed by atoms with Crippen LogP contribution in [0.3, 0.4) is 0 Å². The van der Waals surface area contributed by atoms with Gasteiger partial charge in [-0.1, -0.05) is 0 Å². The fourth-order valence-electron chi connectivity index (χ4n) is 2.22. The Kier molecular flexibility index (Phi) is 3.47. The lowest BCUT2D eigenvalue weighted by atomic mass is 10.1. The van der Waals surface area contributed by atoms with Crippen molar-refractivity contribution in [1.29, 1.82) is 0 Å². The van der Waals surface area contributed by atoms with Gasteiger partial charge in [0.25, 0.3) is 5.69 Å². The Labute approximate surface area is 105 Å². The van der Waals surface area contributed by atoms with E-state index in [0.29, 0.717) is 11.3 Å². The van der Waals surface area contributed by atoms with Crippen LogP contribution in [0.4, 0.5) is 15.8 Å². The average molecular weight is 254 g/mol. The molecule has 0 saturated carbocycles. The number of nitrogens with one attached hydrogen (secondary N) is 1. The second-order valence-electron chi connectivity index (χ2n) is 4.79. The van der Waals surface area contributed by atoms with Crippen molar-refractivity contribution in [1.82, 2.24) is 0 Å². The first-order valence-corrected chi connectivity index (χ1v) is 6.00. The van der Waals surface area contributed by atoms with Crippen LogP contribution in [-0.4, -0.2) is 38.2 Å². The van der Waals surface area contributed by atoms with Crippen molar-refractivity contribution in [3.63, 3.8) is 0 Å². The van der Waals surface area contributed by atoms with Crippen LogP contribution in [0.5, 0.6) is 0 Å². The molecule has 1 fully saturated rings. The zero-order valence-electron chi connectivity index (χ0n) is 10.6. The molecule has 0 spiro atoms. The number of likely N-dealkylation sites (N-methyl/N-ethyl adjacent to an activating group) is 1. The Morgan fingerprint density at radius 3 is 2.56 bits per heavy atom. The topological polar surface area (TPSA) is 50.8 Å². The van der Waals surface area contributed by atoms with Crippen LogP contribution in [0, 0.1) is 22.9 Å². The van der Waals surface area contributed by atoms with Crippen molar-refractivity contribution in [2.75, 3.05) is 38.1 Å². The van der Waals surface area contributed by atoms with Crippen LogP contribution in [0.1, 0.15) is 5.56 Å². The molecular weight excluding hydrogens is 237 g/mol. The minimum absolute atomic E-state index is 0.156. The number of rotatable bonds is 2. The molecule has 0 unspecified atom stereocenters. The van der Waals surface area contributed by atoms with Crippen LogP contribution in [0.25, 0.3) is 0 Å². The van der Waals surface area contributed by atoms with Crippen LogP contribution in [-0.2, 0) is 0 Å². The standard InChI is InChI=1S/C12H16FN3O2/c1-9-7-12(10(13)8-11(9)16(17)18)15-5-3-14(2)4-6-15/h7-8H,3-6H2,1-2H3/p+1. The highest BCUT2D eigenvalue weighted by molar-refractivity contribution is 5.56. The molecule has 0 radical (unpaired) electrons. The Bertz CT molecular complexity index is 471. The zero-order chi connectivity index (χ0) is 13.3. The molecule has 2 rings (SSSR count). The van der Waals surface area contributed by atoms with E-state index >= 15 is 0 Å². The molecule has 6 heteroatoms.